The molecular formula is C30H31F2N3O4. The first-order valence-electron chi connectivity index (χ1n) is 13.0. The van der Waals surface area contributed by atoms with Crippen LogP contribution in [0.15, 0.2) is 42.5 Å². The number of nitrogens with one attached hydrogen (secondary N) is 1. The fraction of sp³-hybridized carbons (Fsp3) is 0.400. The summed E-state index contributed by atoms with van der Waals surface area (Å²) in [5.74, 6) is 1.63. The second-order valence-electron chi connectivity index (χ2n) is 10.7. The minimum Gasteiger partial charge on any atom is -0.508 e. The molecule has 2 amide bonds. The zero-order valence-electron chi connectivity index (χ0n) is 21.9. The SMILES string of the molecule is C#CCN(C)CCN1C(=O)CCC2[C@H](c3cccc(O)c3)c3[nH]c4ccc(OC(F)F)cc4c3C[C@@]2(C)C1=O. The molecular weight excluding hydrogens is 504 g/mol. The molecule has 2 N–H and O–H groups in total. The number of amides is 2. The molecule has 7 nitrogen and oxygen atoms in total. The monoisotopic (exact) mass is 535 g/mol. The third-order valence-corrected chi connectivity index (χ3v) is 8.21. The molecule has 1 unspecified atom stereocenters. The summed E-state index contributed by atoms with van der Waals surface area (Å²) in [5, 5.41) is 11.0. The summed E-state index contributed by atoms with van der Waals surface area (Å²) in [6, 6.07) is 11.7. The highest BCUT2D eigenvalue weighted by Crippen LogP contribution is 2.55. The van der Waals surface area contributed by atoms with Gasteiger partial charge in [0.2, 0.25) is 11.8 Å². The molecule has 0 saturated carbocycles. The Balaban J connectivity index is 1.64. The molecule has 1 aromatic heterocycles. The Hall–Kier alpha value is -3.90. The number of aromatic nitrogens is 1. The Bertz CT molecular complexity index is 1460. The zero-order chi connectivity index (χ0) is 27.9. The van der Waals surface area contributed by atoms with Gasteiger partial charge in [-0.2, -0.15) is 8.78 Å². The van der Waals surface area contributed by atoms with Gasteiger partial charge in [0.1, 0.15) is 11.5 Å². The van der Waals surface area contributed by atoms with E-state index in [4.69, 9.17) is 6.42 Å². The van der Waals surface area contributed by atoms with Crippen LogP contribution in [0.1, 0.15) is 42.5 Å². The molecule has 204 valence electrons. The van der Waals surface area contributed by atoms with E-state index in [0.29, 0.717) is 31.3 Å². The second kappa shape index (κ2) is 10.3. The number of phenolic OH excluding ortho intramolecular Hbond substituents is 1. The number of carbonyl (C=O) groups excluding carboxylic acids is 2. The number of hydrogen-bond acceptors (Lipinski definition) is 5. The normalized spacial score (nSPS) is 23.1. The van der Waals surface area contributed by atoms with Crippen molar-refractivity contribution >= 4 is 22.7 Å². The first kappa shape index (κ1) is 26.7. The molecule has 1 fully saturated rings. The van der Waals surface area contributed by atoms with Gasteiger partial charge in [-0.15, -0.1) is 6.42 Å². The Kier molecular flexibility index (Phi) is 7.08. The van der Waals surface area contributed by atoms with E-state index in [-0.39, 0.29) is 48.1 Å². The Labute approximate surface area is 225 Å². The maximum atomic E-state index is 14.3. The number of likely N-dealkylation sites (N-methyl/N-ethyl adjacent to an activating group) is 1. The smallest absolute Gasteiger partial charge is 0.387 e. The number of aromatic amines is 1. The van der Waals surface area contributed by atoms with Crippen LogP contribution in [0.4, 0.5) is 8.78 Å². The van der Waals surface area contributed by atoms with Crippen LogP contribution < -0.4 is 4.74 Å². The number of ether oxygens (including phenoxy) is 1. The molecule has 1 aliphatic carbocycles. The summed E-state index contributed by atoms with van der Waals surface area (Å²) < 4.78 is 30.7. The predicted octanol–water partition coefficient (Wildman–Crippen LogP) is 4.50. The number of fused-ring (bicyclic) bond motifs is 4. The van der Waals surface area contributed by atoms with E-state index in [2.05, 4.69) is 15.6 Å². The molecule has 2 heterocycles. The summed E-state index contributed by atoms with van der Waals surface area (Å²) >= 11 is 0. The average molecular weight is 536 g/mol. The number of alkyl halides is 2. The van der Waals surface area contributed by atoms with Gasteiger partial charge in [0, 0.05) is 42.0 Å². The molecule has 9 heteroatoms. The highest BCUT2D eigenvalue weighted by molar-refractivity contribution is 6.00. The fourth-order valence-electron chi connectivity index (χ4n) is 6.35. The van der Waals surface area contributed by atoms with Gasteiger partial charge in [0.25, 0.3) is 0 Å². The number of nitrogens with zero attached hydrogens (tertiary/aromatic N) is 2. The molecule has 1 aliphatic heterocycles. The number of benzene rings is 2. The Morgan fingerprint density at radius 2 is 2.08 bits per heavy atom. The molecule has 0 spiro atoms. The number of imide groups is 1. The molecule has 2 aromatic carbocycles. The van der Waals surface area contributed by atoms with Crippen molar-refractivity contribution in [3.63, 3.8) is 0 Å². The Morgan fingerprint density at radius 3 is 2.79 bits per heavy atom. The van der Waals surface area contributed by atoms with Gasteiger partial charge in [-0.3, -0.25) is 19.4 Å². The summed E-state index contributed by atoms with van der Waals surface area (Å²) in [6.45, 7) is 0.00744. The highest BCUT2D eigenvalue weighted by atomic mass is 19.3. The van der Waals surface area contributed by atoms with Crippen LogP contribution in [0, 0.1) is 23.7 Å². The van der Waals surface area contributed by atoms with Crippen molar-refractivity contribution in [1.82, 2.24) is 14.8 Å². The topological polar surface area (TPSA) is 85.9 Å². The minimum atomic E-state index is -2.96. The first-order valence-corrected chi connectivity index (χ1v) is 13.0. The number of terminal acetylenes is 1. The second-order valence-corrected chi connectivity index (χ2v) is 10.7. The predicted molar refractivity (Wildman–Crippen MR) is 142 cm³/mol. The number of H-pyrrole nitrogens is 1. The van der Waals surface area contributed by atoms with Crippen LogP contribution in [0.2, 0.25) is 0 Å². The van der Waals surface area contributed by atoms with Crippen molar-refractivity contribution in [3.05, 3.63) is 59.3 Å². The molecule has 0 bridgehead atoms. The maximum Gasteiger partial charge on any atom is 0.387 e. The van der Waals surface area contributed by atoms with Crippen LogP contribution in [0.25, 0.3) is 10.9 Å². The highest BCUT2D eigenvalue weighted by Gasteiger charge is 2.54. The summed E-state index contributed by atoms with van der Waals surface area (Å²) in [4.78, 5) is 34.2. The van der Waals surface area contributed by atoms with E-state index in [9.17, 15) is 23.5 Å². The van der Waals surface area contributed by atoms with E-state index < -0.39 is 12.0 Å². The maximum absolute atomic E-state index is 14.3. The van der Waals surface area contributed by atoms with Gasteiger partial charge in [-0.05, 0) is 67.3 Å². The quantitative estimate of drug-likeness (QED) is 0.344. The fourth-order valence-corrected chi connectivity index (χ4v) is 6.35. The van der Waals surface area contributed by atoms with Gasteiger partial charge in [0.05, 0.1) is 12.0 Å². The lowest BCUT2D eigenvalue weighted by molar-refractivity contribution is -0.151. The molecule has 39 heavy (non-hydrogen) atoms. The third-order valence-electron chi connectivity index (χ3n) is 8.21. The van der Waals surface area contributed by atoms with E-state index in [1.807, 2.05) is 24.9 Å². The number of hydrogen-bond donors (Lipinski definition) is 2. The molecule has 3 atom stereocenters. The number of likely N-dealkylation sites (tertiary alicyclic amines) is 1. The number of carbonyl (C=O) groups is 2. The van der Waals surface area contributed by atoms with Gasteiger partial charge in [0.15, 0.2) is 0 Å². The van der Waals surface area contributed by atoms with Crippen molar-refractivity contribution in [3.8, 4) is 23.8 Å². The van der Waals surface area contributed by atoms with E-state index in [1.54, 1.807) is 30.3 Å². The van der Waals surface area contributed by atoms with Gasteiger partial charge >= 0.3 is 6.61 Å². The summed E-state index contributed by atoms with van der Waals surface area (Å²) in [6.07, 6.45) is 6.43. The van der Waals surface area contributed by atoms with Crippen LogP contribution in [0.5, 0.6) is 11.5 Å². The molecule has 2 aliphatic rings. The van der Waals surface area contributed by atoms with Gasteiger partial charge < -0.3 is 14.8 Å². The number of halogens is 2. The third kappa shape index (κ3) is 4.85. The molecule has 3 aromatic rings. The molecule has 5 rings (SSSR count). The van der Waals surface area contributed by atoms with Crippen molar-refractivity contribution in [2.45, 2.75) is 38.7 Å². The Morgan fingerprint density at radius 1 is 1.28 bits per heavy atom. The first-order chi connectivity index (χ1) is 18.6. The summed E-state index contributed by atoms with van der Waals surface area (Å²) in [5.41, 5.74) is 2.27. The lowest BCUT2D eigenvalue weighted by atomic mass is 9.59. The van der Waals surface area contributed by atoms with Crippen molar-refractivity contribution in [1.29, 1.82) is 0 Å². The minimum absolute atomic E-state index is 0.0287. The van der Waals surface area contributed by atoms with Crippen molar-refractivity contribution < 1.29 is 28.2 Å². The van der Waals surface area contributed by atoms with Crippen molar-refractivity contribution in [2.75, 3.05) is 26.7 Å². The number of aromatic hydroxyl groups is 1. The van der Waals surface area contributed by atoms with Gasteiger partial charge in [-0.1, -0.05) is 25.0 Å². The van der Waals surface area contributed by atoms with E-state index in [1.165, 1.54) is 11.0 Å². The standard InChI is InChI=1S/C30H31F2N3O4/c1-4-12-34(3)13-14-35-25(37)11-9-23-26(18-6-5-7-19(36)15-18)27-22(17-30(23,2)28(35)38)21-16-20(39-29(31)32)8-10-24(21)33-27/h1,5-8,10,15-16,23,26,29,33,36H,9,11-14,17H2,2-3H3/t23?,26-,30+/m0/s1. The number of rotatable bonds is 7. The zero-order valence-corrected chi connectivity index (χ0v) is 21.9. The molecule has 0 radical (unpaired) electrons. The van der Waals surface area contributed by atoms with E-state index >= 15 is 0 Å². The largest absolute Gasteiger partial charge is 0.508 e. The van der Waals surface area contributed by atoms with E-state index in [0.717, 1.165) is 22.3 Å². The molecule has 1 saturated heterocycles. The van der Waals surface area contributed by atoms with Crippen LogP contribution in [0.3, 0.4) is 0 Å². The van der Waals surface area contributed by atoms with Crippen LogP contribution in [-0.4, -0.2) is 65.0 Å². The lowest BCUT2D eigenvalue weighted by Gasteiger charge is -2.45. The van der Waals surface area contributed by atoms with Gasteiger partial charge in [-0.25, -0.2) is 0 Å². The van der Waals surface area contributed by atoms with Crippen molar-refractivity contribution in [2.24, 2.45) is 11.3 Å². The van der Waals surface area contributed by atoms with Crippen LogP contribution >= 0.6 is 0 Å². The summed E-state index contributed by atoms with van der Waals surface area (Å²) in [7, 11) is 1.84. The average Bonchev–Trinajstić information content (AvgIpc) is 3.19. The lowest BCUT2D eigenvalue weighted by Crippen LogP contribution is -2.51. The van der Waals surface area contributed by atoms with Crippen LogP contribution in [-0.2, 0) is 16.0 Å². The number of phenols is 1.